The maximum Gasteiger partial charge on any atom is 0.544 e. The number of carbonyl (C=O) groups is 2. The number of unbranched alkanes of at least 4 members (excludes halogenated alkanes) is 1. The molecule has 0 bridgehead atoms. The number of hydrogen-bond acceptors (Lipinski definition) is 3. The van der Waals surface area contributed by atoms with Crippen LogP contribution in [0, 0.1) is 0 Å². The van der Waals surface area contributed by atoms with E-state index < -0.39 is 25.2 Å². The summed E-state index contributed by atoms with van der Waals surface area (Å²) in [6.45, 7) is -5.16. The summed E-state index contributed by atoms with van der Waals surface area (Å²) in [5.41, 5.74) is -1.67. The van der Waals surface area contributed by atoms with Gasteiger partial charge in [-0.3, -0.25) is 0 Å². The molecule has 0 radical (unpaired) electrons. The Bertz CT molecular complexity index is 232. The lowest BCUT2D eigenvalue weighted by molar-refractivity contribution is -0.115. The highest BCUT2D eigenvalue weighted by molar-refractivity contribution is 6.90. The Morgan fingerprint density at radius 1 is 1.27 bits per heavy atom. The monoisotopic (exact) mass is 226 g/mol. The van der Waals surface area contributed by atoms with Crippen molar-refractivity contribution in [2.24, 2.45) is 0 Å². The highest BCUT2D eigenvalue weighted by Gasteiger charge is 2.31. The van der Waals surface area contributed by atoms with Gasteiger partial charge in [-0.25, -0.2) is 4.79 Å². The van der Waals surface area contributed by atoms with Crippen LogP contribution in [0.1, 0.15) is 19.3 Å². The average Bonchev–Trinajstić information content (AvgIpc) is 2.15. The van der Waals surface area contributed by atoms with Crippen LogP contribution in [-0.4, -0.2) is 32.4 Å². The fraction of sp³-hybridized carbons (Fsp3) is 0.714. The van der Waals surface area contributed by atoms with Gasteiger partial charge in [0, 0.05) is 6.54 Å². The zero-order valence-electron chi connectivity index (χ0n) is 8.26. The Labute approximate surface area is 85.2 Å². The molecule has 0 spiro atoms. The second-order valence-electron chi connectivity index (χ2n) is 2.92. The molecule has 0 atom stereocenters. The minimum atomic E-state index is -5.36. The zero-order valence-corrected chi connectivity index (χ0v) is 8.26. The fourth-order valence-corrected chi connectivity index (χ4v) is 0.851. The highest BCUT2D eigenvalue weighted by Crippen LogP contribution is 2.13. The maximum atomic E-state index is 11.8. The Morgan fingerprint density at radius 2 is 1.87 bits per heavy atom. The third-order valence-corrected chi connectivity index (χ3v) is 1.67. The molecule has 0 aliphatic rings. The van der Waals surface area contributed by atoms with E-state index in [1.165, 1.54) is 7.11 Å². The molecule has 0 unspecified atom stereocenters. The molecule has 0 aromatic rings. The van der Waals surface area contributed by atoms with E-state index in [1.54, 1.807) is 0 Å². The van der Waals surface area contributed by atoms with Gasteiger partial charge in [0.1, 0.15) is 0 Å². The number of amides is 1. The van der Waals surface area contributed by atoms with Crippen molar-refractivity contribution in [1.82, 2.24) is 5.32 Å². The van der Waals surface area contributed by atoms with Crippen LogP contribution in [0.25, 0.3) is 0 Å². The molecule has 0 saturated heterocycles. The second-order valence-corrected chi connectivity index (χ2v) is 2.92. The summed E-state index contributed by atoms with van der Waals surface area (Å²) in [5.74, 6) is 0. The summed E-state index contributed by atoms with van der Waals surface area (Å²) in [6.07, 6.45) is -0.745. The van der Waals surface area contributed by atoms with Gasteiger partial charge in [-0.05, 0) is 19.3 Å². The van der Waals surface area contributed by atoms with Crippen LogP contribution in [0.5, 0.6) is 0 Å². The van der Waals surface area contributed by atoms with Gasteiger partial charge in [0.2, 0.25) is 0 Å². The number of halogens is 3. The number of carbonyl (C=O) groups excluding carboxylic acids is 2. The lowest BCUT2D eigenvalue weighted by atomic mass is 9.81. The molecular formula is C7H12BF3NO3-. The standard InChI is InChI=1S/C7H12BF3NO3/c1-15-7(14)12-5-3-2-4-6(13)8(9,10)11/h2-5H2,1H3,(H,12,14)/q-1. The minimum Gasteiger partial charge on any atom is -0.453 e. The summed E-state index contributed by atoms with van der Waals surface area (Å²) in [6, 6.07) is 0. The first-order chi connectivity index (χ1) is 6.88. The summed E-state index contributed by atoms with van der Waals surface area (Å²) in [4.78, 5) is 20.9. The topological polar surface area (TPSA) is 55.4 Å². The van der Waals surface area contributed by atoms with E-state index in [0.717, 1.165) is 0 Å². The predicted molar refractivity (Wildman–Crippen MR) is 48.3 cm³/mol. The Balaban J connectivity index is 3.48. The van der Waals surface area contributed by atoms with Crippen molar-refractivity contribution in [3.05, 3.63) is 0 Å². The molecule has 0 saturated carbocycles. The van der Waals surface area contributed by atoms with Crippen molar-refractivity contribution in [2.45, 2.75) is 19.3 Å². The van der Waals surface area contributed by atoms with E-state index in [0.29, 0.717) is 6.42 Å². The van der Waals surface area contributed by atoms with Gasteiger partial charge >= 0.3 is 13.1 Å². The third-order valence-electron chi connectivity index (χ3n) is 1.67. The number of ether oxygens (including phenoxy) is 1. The van der Waals surface area contributed by atoms with Crippen molar-refractivity contribution < 1.29 is 27.3 Å². The molecule has 15 heavy (non-hydrogen) atoms. The van der Waals surface area contributed by atoms with E-state index in [1.807, 2.05) is 0 Å². The summed E-state index contributed by atoms with van der Waals surface area (Å²) < 4.78 is 39.5. The summed E-state index contributed by atoms with van der Waals surface area (Å²) in [5, 5.41) is 2.30. The van der Waals surface area contributed by atoms with Gasteiger partial charge < -0.3 is 27.8 Å². The number of nitrogens with one attached hydrogen (secondary N) is 1. The molecule has 0 heterocycles. The highest BCUT2D eigenvalue weighted by atomic mass is 19.4. The van der Waals surface area contributed by atoms with Crippen molar-refractivity contribution in [1.29, 1.82) is 0 Å². The third kappa shape index (κ3) is 6.81. The van der Waals surface area contributed by atoms with Gasteiger partial charge in [0.25, 0.3) is 0 Å². The quantitative estimate of drug-likeness (QED) is 0.551. The van der Waals surface area contributed by atoms with Gasteiger partial charge in [0.05, 0.1) is 12.8 Å². The normalized spacial score (nSPS) is 10.9. The van der Waals surface area contributed by atoms with Crippen molar-refractivity contribution in [3.63, 3.8) is 0 Å². The largest absolute Gasteiger partial charge is 0.544 e. The predicted octanol–water partition coefficient (Wildman–Crippen LogP) is 1.47. The zero-order chi connectivity index (χ0) is 11.9. The Hall–Kier alpha value is -1.21. The first-order valence-corrected chi connectivity index (χ1v) is 4.42. The molecule has 1 N–H and O–H groups in total. The number of hydrogen-bond donors (Lipinski definition) is 1. The van der Waals surface area contributed by atoms with E-state index in [4.69, 9.17) is 0 Å². The molecule has 0 aliphatic heterocycles. The minimum absolute atomic E-state index is 0.101. The molecule has 0 aliphatic carbocycles. The number of methoxy groups -OCH3 is 1. The van der Waals surface area contributed by atoms with Crippen molar-refractivity contribution in [2.75, 3.05) is 13.7 Å². The first kappa shape index (κ1) is 13.8. The maximum absolute atomic E-state index is 11.8. The van der Waals surface area contributed by atoms with Gasteiger partial charge in [-0.15, -0.1) is 0 Å². The second kappa shape index (κ2) is 6.31. The summed E-state index contributed by atoms with van der Waals surface area (Å²) in [7, 11) is 1.19. The molecule has 4 nitrogen and oxygen atoms in total. The Kier molecular flexibility index (Phi) is 5.80. The SMILES string of the molecule is COC(=O)NCCCCC(=O)[B-](F)(F)F. The van der Waals surface area contributed by atoms with E-state index in [-0.39, 0.29) is 13.0 Å². The smallest absolute Gasteiger partial charge is 0.453 e. The Morgan fingerprint density at radius 3 is 2.33 bits per heavy atom. The van der Waals surface area contributed by atoms with Crippen LogP contribution in [0.15, 0.2) is 0 Å². The van der Waals surface area contributed by atoms with Crippen LogP contribution < -0.4 is 5.32 Å². The summed E-state index contributed by atoms with van der Waals surface area (Å²) >= 11 is 0. The van der Waals surface area contributed by atoms with Crippen LogP contribution in [-0.2, 0) is 9.53 Å². The van der Waals surface area contributed by atoms with E-state index in [2.05, 4.69) is 10.1 Å². The van der Waals surface area contributed by atoms with E-state index in [9.17, 15) is 22.5 Å². The van der Waals surface area contributed by atoms with Crippen LogP contribution in [0.4, 0.5) is 17.7 Å². The number of alkyl carbamates (subject to hydrolysis) is 1. The molecule has 1 amide bonds. The molecular weight excluding hydrogens is 214 g/mol. The fourth-order valence-electron chi connectivity index (χ4n) is 0.851. The van der Waals surface area contributed by atoms with Crippen molar-refractivity contribution in [3.8, 4) is 0 Å². The van der Waals surface area contributed by atoms with Gasteiger partial charge in [0.15, 0.2) is 0 Å². The lowest BCUT2D eigenvalue weighted by Crippen LogP contribution is -2.29. The van der Waals surface area contributed by atoms with Gasteiger partial charge in [-0.2, -0.15) is 0 Å². The average molecular weight is 226 g/mol. The molecule has 88 valence electrons. The number of rotatable bonds is 6. The van der Waals surface area contributed by atoms with Gasteiger partial charge in [-0.1, -0.05) is 0 Å². The lowest BCUT2D eigenvalue weighted by Gasteiger charge is -2.12. The van der Waals surface area contributed by atoms with Crippen LogP contribution in [0.3, 0.4) is 0 Å². The van der Waals surface area contributed by atoms with E-state index >= 15 is 0 Å². The van der Waals surface area contributed by atoms with Crippen LogP contribution >= 0.6 is 0 Å². The molecule has 0 aromatic heterocycles. The first-order valence-electron chi connectivity index (χ1n) is 4.42. The molecule has 0 aromatic carbocycles. The van der Waals surface area contributed by atoms with Crippen molar-refractivity contribution >= 4 is 18.8 Å². The van der Waals surface area contributed by atoms with Crippen LogP contribution in [0.2, 0.25) is 0 Å². The molecule has 8 heteroatoms. The molecule has 0 rings (SSSR count). The molecule has 0 fully saturated rings.